The predicted octanol–water partition coefficient (Wildman–Crippen LogP) is 5.49. The Morgan fingerprint density at radius 3 is 2.20 bits per heavy atom. The van der Waals surface area contributed by atoms with Gasteiger partial charge in [-0.3, -0.25) is 4.79 Å². The zero-order chi connectivity index (χ0) is 25.2. The van der Waals surface area contributed by atoms with Crippen LogP contribution < -0.4 is 0 Å². The Morgan fingerprint density at radius 1 is 0.943 bits per heavy atom. The summed E-state index contributed by atoms with van der Waals surface area (Å²) < 4.78 is 11.2. The molecule has 6 heteroatoms. The summed E-state index contributed by atoms with van der Waals surface area (Å²) in [6.07, 6.45) is 0. The van der Waals surface area contributed by atoms with Crippen LogP contribution in [0.25, 0.3) is 5.70 Å². The molecule has 0 saturated heterocycles. The Hall–Kier alpha value is -3.27. The Labute approximate surface area is 212 Å². The molecule has 1 unspecified atom stereocenters. The van der Waals surface area contributed by atoms with E-state index in [1.807, 2.05) is 86.3 Å². The fourth-order valence-corrected chi connectivity index (χ4v) is 4.55. The van der Waals surface area contributed by atoms with E-state index in [1.54, 1.807) is 6.92 Å². The van der Waals surface area contributed by atoms with Gasteiger partial charge in [0.25, 0.3) is 0 Å². The van der Waals surface area contributed by atoms with Crippen LogP contribution in [0.4, 0.5) is 0 Å². The minimum atomic E-state index is -0.742. The summed E-state index contributed by atoms with van der Waals surface area (Å²) in [5.41, 5.74) is 3.89. The Morgan fingerprint density at radius 2 is 1.60 bits per heavy atom. The van der Waals surface area contributed by atoms with E-state index >= 15 is 0 Å². The highest BCUT2D eigenvalue weighted by Gasteiger charge is 2.40. The van der Waals surface area contributed by atoms with Crippen molar-refractivity contribution < 1.29 is 19.1 Å². The topological polar surface area (TPSA) is 55.8 Å². The maximum Gasteiger partial charge on any atom is 0.337 e. The third-order valence-electron chi connectivity index (χ3n) is 5.49. The first kappa shape index (κ1) is 26.3. The van der Waals surface area contributed by atoms with Gasteiger partial charge in [-0.05, 0) is 44.2 Å². The van der Waals surface area contributed by atoms with Crippen LogP contribution in [0.2, 0.25) is 0 Å². The average Bonchev–Trinajstić information content (AvgIpc) is 2.87. The van der Waals surface area contributed by atoms with Gasteiger partial charge >= 0.3 is 5.97 Å². The second-order valence-electron chi connectivity index (χ2n) is 7.69. The number of hydrogen-bond donors (Lipinski definition) is 0. The molecular weight excluding hydrogens is 458 g/mol. The van der Waals surface area contributed by atoms with Crippen molar-refractivity contribution in [2.45, 2.75) is 27.7 Å². The fraction of sp³-hybridized carbons (Fsp3) is 0.310. The van der Waals surface area contributed by atoms with E-state index in [0.29, 0.717) is 34.9 Å². The molecule has 1 heterocycles. The summed E-state index contributed by atoms with van der Waals surface area (Å²) >= 11 is 1.21. The third-order valence-corrected chi connectivity index (χ3v) is 6.26. The zero-order valence-corrected chi connectivity index (χ0v) is 21.5. The first-order valence-corrected chi connectivity index (χ1v) is 12.8. The van der Waals surface area contributed by atoms with Crippen LogP contribution in [0.15, 0.2) is 77.5 Å². The number of nitrogens with zero attached hydrogens (tertiary/aromatic N) is 1. The summed E-state index contributed by atoms with van der Waals surface area (Å²) in [6, 6.07) is 19.3. The number of esters is 1. The molecule has 5 nitrogen and oxygen atoms in total. The second kappa shape index (κ2) is 13.0. The van der Waals surface area contributed by atoms with Gasteiger partial charge in [0.2, 0.25) is 5.12 Å². The van der Waals surface area contributed by atoms with Crippen LogP contribution in [0.3, 0.4) is 0 Å². The van der Waals surface area contributed by atoms with Crippen molar-refractivity contribution in [3.05, 3.63) is 88.6 Å². The largest absolute Gasteiger partial charge is 0.463 e. The molecule has 35 heavy (non-hydrogen) atoms. The van der Waals surface area contributed by atoms with Crippen molar-refractivity contribution in [1.82, 2.24) is 4.90 Å². The van der Waals surface area contributed by atoms with Gasteiger partial charge in [-0.2, -0.15) is 0 Å². The first-order valence-electron chi connectivity index (χ1n) is 11.8. The quantitative estimate of drug-likeness (QED) is 0.361. The standard InChI is InChI=1S/C29H31NO4S/c1-5-33-20-30-21(4)25(28(31)34-6-2)24(19-18-22-14-10-8-11-15-22)26(29(32)35-7-3)27(30)23-16-12-9-13-17-23/h8-17,24H,5-7,20H2,1-4H3. The minimum absolute atomic E-state index is 0.116. The Kier molecular flexibility index (Phi) is 9.77. The van der Waals surface area contributed by atoms with Crippen molar-refractivity contribution in [3.63, 3.8) is 0 Å². The monoisotopic (exact) mass is 489 g/mol. The molecule has 0 amide bonds. The molecule has 0 radical (unpaired) electrons. The number of benzene rings is 2. The van der Waals surface area contributed by atoms with Gasteiger partial charge in [0.15, 0.2) is 0 Å². The number of thioether (sulfide) groups is 1. The number of allylic oxidation sites excluding steroid dienone is 1. The maximum absolute atomic E-state index is 13.7. The van der Waals surface area contributed by atoms with Crippen LogP contribution in [-0.2, 0) is 19.1 Å². The van der Waals surface area contributed by atoms with Gasteiger partial charge in [-0.25, -0.2) is 4.79 Å². The van der Waals surface area contributed by atoms with Crippen molar-refractivity contribution >= 4 is 28.5 Å². The fourth-order valence-electron chi connectivity index (χ4n) is 3.92. The molecular formula is C29H31NO4S. The molecule has 0 aliphatic carbocycles. The van der Waals surface area contributed by atoms with Crippen molar-refractivity contribution in [1.29, 1.82) is 0 Å². The summed E-state index contributed by atoms with van der Waals surface area (Å²) in [6.45, 7) is 8.39. The Bertz CT molecular complexity index is 1160. The van der Waals surface area contributed by atoms with Crippen molar-refractivity contribution in [2.75, 3.05) is 25.7 Å². The van der Waals surface area contributed by atoms with Crippen LogP contribution in [-0.4, -0.2) is 41.7 Å². The molecule has 1 aliphatic heterocycles. The number of hydrogen-bond acceptors (Lipinski definition) is 6. The van der Waals surface area contributed by atoms with E-state index in [1.165, 1.54) is 11.8 Å². The normalized spacial score (nSPS) is 15.5. The lowest BCUT2D eigenvalue weighted by Gasteiger charge is -2.37. The lowest BCUT2D eigenvalue weighted by atomic mass is 9.83. The number of carbonyl (C=O) groups is 2. The average molecular weight is 490 g/mol. The smallest absolute Gasteiger partial charge is 0.337 e. The molecule has 2 aromatic carbocycles. The summed E-state index contributed by atoms with van der Waals surface area (Å²) in [4.78, 5) is 28.8. The lowest BCUT2D eigenvalue weighted by molar-refractivity contribution is -0.139. The van der Waals surface area contributed by atoms with Crippen LogP contribution in [0.1, 0.15) is 38.8 Å². The molecule has 0 bridgehead atoms. The van der Waals surface area contributed by atoms with Crippen molar-refractivity contribution in [2.24, 2.45) is 5.92 Å². The van der Waals surface area contributed by atoms with Gasteiger partial charge in [0.1, 0.15) is 6.73 Å². The number of carbonyl (C=O) groups excluding carboxylic acids is 2. The molecule has 1 atom stereocenters. The molecule has 0 saturated carbocycles. The highest BCUT2D eigenvalue weighted by molar-refractivity contribution is 8.14. The number of ether oxygens (including phenoxy) is 2. The molecule has 0 aromatic heterocycles. The SMILES string of the molecule is CCOCN1C(C)=C(C(=O)OCC)C(C#Cc2ccccc2)C(C(=O)SCC)=C1c1ccccc1. The van der Waals surface area contributed by atoms with E-state index < -0.39 is 11.9 Å². The number of rotatable bonds is 8. The van der Waals surface area contributed by atoms with E-state index in [4.69, 9.17) is 9.47 Å². The maximum atomic E-state index is 13.7. The van der Waals surface area contributed by atoms with E-state index in [2.05, 4.69) is 11.8 Å². The van der Waals surface area contributed by atoms with Gasteiger partial charge in [0.05, 0.1) is 29.4 Å². The molecule has 0 fully saturated rings. The van der Waals surface area contributed by atoms with E-state index in [-0.39, 0.29) is 18.5 Å². The van der Waals surface area contributed by atoms with Gasteiger partial charge < -0.3 is 14.4 Å². The van der Waals surface area contributed by atoms with Crippen molar-refractivity contribution in [3.8, 4) is 11.8 Å². The predicted molar refractivity (Wildman–Crippen MR) is 141 cm³/mol. The highest BCUT2D eigenvalue weighted by Crippen LogP contribution is 2.42. The summed E-state index contributed by atoms with van der Waals surface area (Å²) in [7, 11) is 0. The summed E-state index contributed by atoms with van der Waals surface area (Å²) in [5.74, 6) is 5.82. The highest BCUT2D eigenvalue weighted by atomic mass is 32.2. The molecule has 0 spiro atoms. The van der Waals surface area contributed by atoms with E-state index in [9.17, 15) is 9.59 Å². The third kappa shape index (κ3) is 6.25. The molecule has 3 rings (SSSR count). The second-order valence-corrected chi connectivity index (χ2v) is 8.92. The van der Waals surface area contributed by atoms with Crippen LogP contribution >= 0.6 is 11.8 Å². The Balaban J connectivity index is 2.33. The molecule has 0 N–H and O–H groups in total. The van der Waals surface area contributed by atoms with Gasteiger partial charge in [0, 0.05) is 17.9 Å². The molecule has 2 aromatic rings. The molecule has 182 valence electrons. The summed E-state index contributed by atoms with van der Waals surface area (Å²) in [5, 5.41) is -0.116. The lowest BCUT2D eigenvalue weighted by Crippen LogP contribution is -2.36. The van der Waals surface area contributed by atoms with Gasteiger partial charge in [-0.15, -0.1) is 0 Å². The van der Waals surface area contributed by atoms with Crippen LogP contribution in [0, 0.1) is 17.8 Å². The van der Waals surface area contributed by atoms with Gasteiger partial charge in [-0.1, -0.05) is 79.1 Å². The molecule has 1 aliphatic rings. The first-order chi connectivity index (χ1) is 17.0. The van der Waals surface area contributed by atoms with E-state index in [0.717, 1.165) is 11.1 Å². The van der Waals surface area contributed by atoms with Crippen LogP contribution in [0.5, 0.6) is 0 Å². The zero-order valence-electron chi connectivity index (χ0n) is 20.7. The minimum Gasteiger partial charge on any atom is -0.463 e.